The Morgan fingerprint density at radius 1 is 0.750 bits per heavy atom. The minimum atomic E-state index is 0.000743. The molecule has 1 atom stereocenters. The van der Waals surface area contributed by atoms with Gasteiger partial charge in [-0.3, -0.25) is 14.5 Å². The van der Waals surface area contributed by atoms with Crippen LogP contribution in [-0.2, 0) is 16.1 Å². The van der Waals surface area contributed by atoms with E-state index in [4.69, 9.17) is 0 Å². The Balaban J connectivity index is 1.30. The van der Waals surface area contributed by atoms with Crippen molar-refractivity contribution in [1.29, 1.82) is 0 Å². The fourth-order valence-electron chi connectivity index (χ4n) is 5.08. The van der Waals surface area contributed by atoms with Crippen LogP contribution in [0.2, 0.25) is 0 Å². The van der Waals surface area contributed by atoms with Gasteiger partial charge in [0.05, 0.1) is 6.04 Å². The monoisotopic (exact) mass is 383 g/mol. The number of benzene rings is 1. The molecule has 1 aromatic carbocycles. The second-order valence-electron chi connectivity index (χ2n) is 8.60. The second-order valence-corrected chi connectivity index (χ2v) is 8.60. The maximum atomic E-state index is 13.2. The van der Waals surface area contributed by atoms with Gasteiger partial charge in [0, 0.05) is 38.6 Å². The number of hydrogen-bond donors (Lipinski definition) is 0. The molecule has 1 aliphatic carbocycles. The smallest absolute Gasteiger partial charge is 0.240 e. The van der Waals surface area contributed by atoms with Gasteiger partial charge in [-0.15, -0.1) is 0 Å². The van der Waals surface area contributed by atoms with E-state index in [2.05, 4.69) is 29.2 Å². The van der Waals surface area contributed by atoms with Crippen LogP contribution in [0.15, 0.2) is 30.3 Å². The number of hydrogen-bond acceptors (Lipinski definition) is 3. The summed E-state index contributed by atoms with van der Waals surface area (Å²) in [5.41, 5.74) is 1.27. The van der Waals surface area contributed by atoms with Crippen LogP contribution >= 0.6 is 0 Å². The largest absolute Gasteiger partial charge is 0.339 e. The SMILES string of the molecule is O=C(C1CCCCC1)N1CCN(C(=O)C2CCCN2Cc2ccccc2)CC1. The number of likely N-dealkylation sites (tertiary alicyclic amines) is 1. The number of rotatable bonds is 4. The maximum Gasteiger partial charge on any atom is 0.240 e. The molecule has 152 valence electrons. The van der Waals surface area contributed by atoms with E-state index in [9.17, 15) is 9.59 Å². The lowest BCUT2D eigenvalue weighted by Gasteiger charge is -2.39. The minimum absolute atomic E-state index is 0.000743. The molecule has 0 spiro atoms. The van der Waals surface area contributed by atoms with Crippen LogP contribution < -0.4 is 0 Å². The molecule has 0 bridgehead atoms. The van der Waals surface area contributed by atoms with Crippen LogP contribution in [0.5, 0.6) is 0 Å². The highest BCUT2D eigenvalue weighted by Gasteiger charge is 2.36. The summed E-state index contributed by atoms with van der Waals surface area (Å²) in [6.07, 6.45) is 7.79. The van der Waals surface area contributed by atoms with Gasteiger partial charge in [-0.05, 0) is 37.8 Å². The molecule has 3 fully saturated rings. The first-order valence-electron chi connectivity index (χ1n) is 11.1. The standard InChI is InChI=1S/C23H33N3O2/c27-22(20-10-5-2-6-11-20)24-14-16-25(17-15-24)23(28)21-12-7-13-26(21)18-19-8-3-1-4-9-19/h1,3-4,8-9,20-21H,2,5-7,10-18H2. The van der Waals surface area contributed by atoms with Crippen LogP contribution in [0.4, 0.5) is 0 Å². The molecule has 1 unspecified atom stereocenters. The van der Waals surface area contributed by atoms with Crippen LogP contribution in [0.1, 0.15) is 50.5 Å². The molecule has 1 saturated carbocycles. The van der Waals surface area contributed by atoms with Crippen LogP contribution in [0.25, 0.3) is 0 Å². The van der Waals surface area contributed by atoms with E-state index in [0.717, 1.165) is 38.8 Å². The zero-order valence-corrected chi connectivity index (χ0v) is 16.9. The summed E-state index contributed by atoms with van der Waals surface area (Å²) in [4.78, 5) is 32.3. The highest BCUT2D eigenvalue weighted by Crippen LogP contribution is 2.26. The van der Waals surface area contributed by atoms with Crippen molar-refractivity contribution in [2.45, 2.75) is 57.5 Å². The topological polar surface area (TPSA) is 43.9 Å². The first-order valence-corrected chi connectivity index (χ1v) is 11.1. The first kappa shape index (κ1) is 19.4. The number of nitrogens with zero attached hydrogens (tertiary/aromatic N) is 3. The Bertz CT molecular complexity index is 664. The normalized spacial score (nSPS) is 24.5. The summed E-state index contributed by atoms with van der Waals surface area (Å²) in [5, 5.41) is 0. The molecular formula is C23H33N3O2. The van der Waals surface area contributed by atoms with Crippen molar-refractivity contribution in [3.05, 3.63) is 35.9 Å². The summed E-state index contributed by atoms with van der Waals surface area (Å²) >= 11 is 0. The van der Waals surface area contributed by atoms with E-state index in [1.807, 2.05) is 15.9 Å². The van der Waals surface area contributed by atoms with E-state index >= 15 is 0 Å². The minimum Gasteiger partial charge on any atom is -0.339 e. The molecule has 4 rings (SSSR count). The van der Waals surface area contributed by atoms with Crippen LogP contribution in [0.3, 0.4) is 0 Å². The molecule has 2 amide bonds. The lowest BCUT2D eigenvalue weighted by atomic mass is 9.88. The van der Waals surface area contributed by atoms with Gasteiger partial charge in [-0.2, -0.15) is 0 Å². The van der Waals surface area contributed by atoms with Crippen molar-refractivity contribution in [3.63, 3.8) is 0 Å². The molecule has 0 N–H and O–H groups in total. The molecule has 3 aliphatic rings. The van der Waals surface area contributed by atoms with E-state index in [-0.39, 0.29) is 17.9 Å². The molecule has 5 nitrogen and oxygen atoms in total. The number of piperazine rings is 1. The molecule has 5 heteroatoms. The van der Waals surface area contributed by atoms with E-state index in [0.29, 0.717) is 32.1 Å². The zero-order valence-electron chi connectivity index (χ0n) is 16.9. The third kappa shape index (κ3) is 4.40. The summed E-state index contributed by atoms with van der Waals surface area (Å²) < 4.78 is 0. The van der Waals surface area contributed by atoms with E-state index in [1.54, 1.807) is 0 Å². The van der Waals surface area contributed by atoms with Gasteiger partial charge < -0.3 is 9.80 Å². The highest BCUT2D eigenvalue weighted by molar-refractivity contribution is 5.83. The van der Waals surface area contributed by atoms with Crippen molar-refractivity contribution in [2.75, 3.05) is 32.7 Å². The summed E-state index contributed by atoms with van der Waals surface area (Å²) in [7, 11) is 0. The Hall–Kier alpha value is -1.88. The quantitative estimate of drug-likeness (QED) is 0.803. The Morgan fingerprint density at radius 3 is 2.07 bits per heavy atom. The number of carbonyl (C=O) groups excluding carboxylic acids is 2. The Kier molecular flexibility index (Phi) is 6.30. The summed E-state index contributed by atoms with van der Waals surface area (Å²) in [6.45, 7) is 4.61. The van der Waals surface area contributed by atoms with Crippen molar-refractivity contribution in [1.82, 2.24) is 14.7 Å². The molecule has 0 aromatic heterocycles. The fourth-order valence-corrected chi connectivity index (χ4v) is 5.08. The maximum absolute atomic E-state index is 13.2. The van der Waals surface area contributed by atoms with Gasteiger partial charge in [0.2, 0.25) is 11.8 Å². The van der Waals surface area contributed by atoms with Gasteiger partial charge in [-0.1, -0.05) is 49.6 Å². The molecule has 28 heavy (non-hydrogen) atoms. The van der Waals surface area contributed by atoms with Crippen LogP contribution in [0, 0.1) is 5.92 Å². The van der Waals surface area contributed by atoms with E-state index in [1.165, 1.54) is 24.8 Å². The number of amides is 2. The average Bonchev–Trinajstić information content (AvgIpc) is 3.22. The second kappa shape index (κ2) is 9.08. The third-order valence-electron chi connectivity index (χ3n) is 6.73. The van der Waals surface area contributed by atoms with Crippen molar-refractivity contribution >= 4 is 11.8 Å². The molecule has 2 heterocycles. The Morgan fingerprint density at radius 2 is 1.39 bits per heavy atom. The van der Waals surface area contributed by atoms with E-state index < -0.39 is 0 Å². The first-order chi connectivity index (χ1) is 13.7. The van der Waals surface area contributed by atoms with Crippen molar-refractivity contribution in [3.8, 4) is 0 Å². The molecule has 1 aromatic rings. The van der Waals surface area contributed by atoms with Gasteiger partial charge in [0.15, 0.2) is 0 Å². The van der Waals surface area contributed by atoms with Crippen LogP contribution in [-0.4, -0.2) is 65.3 Å². The molecule has 2 saturated heterocycles. The fraction of sp³-hybridized carbons (Fsp3) is 0.652. The van der Waals surface area contributed by atoms with Crippen molar-refractivity contribution in [2.24, 2.45) is 5.92 Å². The third-order valence-corrected chi connectivity index (χ3v) is 6.73. The average molecular weight is 384 g/mol. The van der Waals surface area contributed by atoms with Gasteiger partial charge >= 0.3 is 0 Å². The summed E-state index contributed by atoms with van der Waals surface area (Å²) in [6, 6.07) is 10.4. The molecular weight excluding hydrogens is 350 g/mol. The highest BCUT2D eigenvalue weighted by atomic mass is 16.2. The zero-order chi connectivity index (χ0) is 19.3. The number of carbonyl (C=O) groups is 2. The van der Waals surface area contributed by atoms with Gasteiger partial charge in [0.25, 0.3) is 0 Å². The molecule has 2 aliphatic heterocycles. The van der Waals surface area contributed by atoms with Crippen molar-refractivity contribution < 1.29 is 9.59 Å². The molecule has 0 radical (unpaired) electrons. The summed E-state index contributed by atoms with van der Waals surface area (Å²) in [5.74, 6) is 0.823. The predicted octanol–water partition coefficient (Wildman–Crippen LogP) is 2.90. The lowest BCUT2D eigenvalue weighted by molar-refractivity contribution is -0.145. The predicted molar refractivity (Wildman–Crippen MR) is 110 cm³/mol. The van der Waals surface area contributed by atoms with Gasteiger partial charge in [-0.25, -0.2) is 0 Å². The lowest BCUT2D eigenvalue weighted by Crippen LogP contribution is -2.55. The Labute approximate surface area is 168 Å². The van der Waals surface area contributed by atoms with Gasteiger partial charge in [0.1, 0.15) is 0 Å².